The van der Waals surface area contributed by atoms with Gasteiger partial charge in [0.2, 0.25) is 12.0 Å². The maximum atomic E-state index is 10.9. The van der Waals surface area contributed by atoms with Crippen LogP contribution in [0.1, 0.15) is 6.92 Å². The molecule has 3 N–H and O–H groups in total. The average molecular weight is 272 g/mol. The van der Waals surface area contributed by atoms with Crippen LogP contribution in [0.3, 0.4) is 0 Å². The van der Waals surface area contributed by atoms with E-state index >= 15 is 0 Å². The Morgan fingerprint density at radius 1 is 1.22 bits per heavy atom. The largest absolute Gasteiger partial charge is 0.412 e. The van der Waals surface area contributed by atoms with Gasteiger partial charge in [0.05, 0.1) is 11.0 Å². The quantitative estimate of drug-likeness (QED) is 0.655. The molecule has 98 valence electrons. The van der Waals surface area contributed by atoms with Crippen molar-refractivity contribution < 1.29 is 27.7 Å². The molecule has 0 aliphatic heterocycles. The summed E-state index contributed by atoms with van der Waals surface area (Å²) in [6.07, 6.45) is 1.80. The zero-order chi connectivity index (χ0) is 12.5. The fraction of sp³-hybridized carbons (Fsp3) is 0.182. The maximum absolute atomic E-state index is 10.9. The van der Waals surface area contributed by atoms with Crippen LogP contribution >= 0.6 is 0 Å². The number of hydrogen-bond donors (Lipinski definition) is 1. The van der Waals surface area contributed by atoms with Crippen LogP contribution in [0.4, 0.5) is 0 Å². The van der Waals surface area contributed by atoms with E-state index in [0.29, 0.717) is 5.76 Å². The van der Waals surface area contributed by atoms with Crippen molar-refractivity contribution in [1.82, 2.24) is 0 Å². The van der Waals surface area contributed by atoms with Crippen LogP contribution in [0.25, 0.3) is 11.3 Å². The van der Waals surface area contributed by atoms with E-state index in [-0.39, 0.29) is 10.4 Å². The van der Waals surface area contributed by atoms with Crippen LogP contribution in [0.2, 0.25) is 0 Å². The van der Waals surface area contributed by atoms with Crippen molar-refractivity contribution in [2.24, 2.45) is 0 Å². The van der Waals surface area contributed by atoms with Crippen molar-refractivity contribution in [3.8, 4) is 11.3 Å². The summed E-state index contributed by atoms with van der Waals surface area (Å²) in [4.78, 5) is -0.129. The predicted molar refractivity (Wildman–Crippen MR) is 63.4 cm³/mol. The molecule has 0 radical (unpaired) electrons. The number of nitrogens with zero attached hydrogens (tertiary/aromatic N) is 1. The van der Waals surface area contributed by atoms with Gasteiger partial charge in [0.1, 0.15) is 0 Å². The molecule has 0 atom stereocenters. The lowest BCUT2D eigenvalue weighted by molar-refractivity contribution is -0.860. The first-order valence-electron chi connectivity index (χ1n) is 5.08. The van der Waals surface area contributed by atoms with Crippen LogP contribution in [-0.2, 0) is 16.7 Å². The van der Waals surface area contributed by atoms with Crippen LogP contribution in [0.15, 0.2) is 45.9 Å². The number of rotatable bonds is 3. The van der Waals surface area contributed by atoms with E-state index in [4.69, 9.17) is 9.08 Å². The van der Waals surface area contributed by atoms with Crippen molar-refractivity contribution in [2.75, 3.05) is 0 Å². The van der Waals surface area contributed by atoms with Gasteiger partial charge in [-0.05, 0) is 35.9 Å². The van der Waals surface area contributed by atoms with E-state index in [0.717, 1.165) is 12.1 Å². The SMILES string of the molecule is CC[n+]1ccc(-c2ccc(S(=O)(=O)O)cc2)o1.O. The molecule has 0 bridgehead atoms. The number of aryl methyl sites for hydroxylation is 1. The fourth-order valence-electron chi connectivity index (χ4n) is 1.45. The molecule has 6 nitrogen and oxygen atoms in total. The third-order valence-corrected chi connectivity index (χ3v) is 3.22. The second kappa shape index (κ2) is 5.30. The highest BCUT2D eigenvalue weighted by Gasteiger charge is 2.12. The Morgan fingerprint density at radius 2 is 1.83 bits per heavy atom. The number of benzene rings is 1. The van der Waals surface area contributed by atoms with Crippen LogP contribution in [0.5, 0.6) is 0 Å². The van der Waals surface area contributed by atoms with Crippen molar-refractivity contribution in [2.45, 2.75) is 18.4 Å². The summed E-state index contributed by atoms with van der Waals surface area (Å²) >= 11 is 0. The fourth-order valence-corrected chi connectivity index (χ4v) is 1.93. The molecule has 2 aromatic rings. The Morgan fingerprint density at radius 3 is 2.28 bits per heavy atom. The highest BCUT2D eigenvalue weighted by Crippen LogP contribution is 2.20. The minimum Gasteiger partial charge on any atom is -0.412 e. The van der Waals surface area contributed by atoms with Gasteiger partial charge in [-0.1, -0.05) is 0 Å². The topological polar surface area (TPSA) is 103 Å². The summed E-state index contributed by atoms with van der Waals surface area (Å²) in [5.41, 5.74) is 0.754. The lowest BCUT2D eigenvalue weighted by Crippen LogP contribution is -2.27. The molecule has 0 fully saturated rings. The predicted octanol–water partition coefficient (Wildman–Crippen LogP) is 0.676. The molecular formula is C11H14NO5S+. The van der Waals surface area contributed by atoms with Crippen molar-refractivity contribution in [3.05, 3.63) is 36.5 Å². The maximum Gasteiger partial charge on any atom is 0.294 e. The summed E-state index contributed by atoms with van der Waals surface area (Å²) in [6, 6.07) is 7.64. The van der Waals surface area contributed by atoms with E-state index in [2.05, 4.69) is 0 Å². The number of aromatic nitrogens is 1. The molecule has 0 saturated carbocycles. The molecule has 0 aliphatic carbocycles. The zero-order valence-electron chi connectivity index (χ0n) is 9.70. The van der Waals surface area contributed by atoms with Gasteiger partial charge < -0.3 is 5.48 Å². The van der Waals surface area contributed by atoms with Crippen LogP contribution in [-0.4, -0.2) is 18.4 Å². The van der Waals surface area contributed by atoms with Gasteiger partial charge in [-0.15, -0.1) is 0 Å². The normalized spacial score (nSPS) is 11.0. The van der Waals surface area contributed by atoms with Crippen molar-refractivity contribution >= 4 is 10.1 Å². The standard InChI is InChI=1S/C11H11NO4S.H2O/c1-2-12-8-7-11(16-12)9-3-5-10(6-4-9)17(13,14)15;/h3-8H,2H2,1H3;1H2/p+1. The first kappa shape index (κ1) is 14.4. The van der Waals surface area contributed by atoms with E-state index in [9.17, 15) is 8.42 Å². The average Bonchev–Trinajstić information content (AvgIpc) is 2.76. The summed E-state index contributed by atoms with van der Waals surface area (Å²) < 4.78 is 37.7. The van der Waals surface area contributed by atoms with Gasteiger partial charge in [-0.2, -0.15) is 8.42 Å². The molecule has 7 heteroatoms. The van der Waals surface area contributed by atoms with Crippen LogP contribution in [0, 0.1) is 0 Å². The molecule has 1 aromatic heterocycles. The van der Waals surface area contributed by atoms with Gasteiger partial charge in [-0.3, -0.25) is 4.55 Å². The van der Waals surface area contributed by atoms with E-state index in [1.54, 1.807) is 29.1 Å². The van der Waals surface area contributed by atoms with Gasteiger partial charge in [0, 0.05) is 5.56 Å². The Kier molecular flexibility index (Phi) is 4.23. The molecule has 0 unspecified atom stereocenters. The first-order chi connectivity index (χ1) is 8.00. The molecule has 1 heterocycles. The van der Waals surface area contributed by atoms with Gasteiger partial charge >= 0.3 is 0 Å². The highest BCUT2D eigenvalue weighted by molar-refractivity contribution is 7.85. The molecule has 2 rings (SSSR count). The Balaban J connectivity index is 0.00000162. The van der Waals surface area contributed by atoms with Gasteiger partial charge in [0.15, 0.2) is 6.54 Å². The van der Waals surface area contributed by atoms with E-state index in [1.807, 2.05) is 6.92 Å². The second-order valence-electron chi connectivity index (χ2n) is 3.50. The molecule has 0 aliphatic rings. The smallest absolute Gasteiger partial charge is 0.294 e. The molecule has 0 amide bonds. The third-order valence-electron chi connectivity index (χ3n) is 2.36. The zero-order valence-corrected chi connectivity index (χ0v) is 10.5. The summed E-state index contributed by atoms with van der Waals surface area (Å²) in [5, 5.41) is 0. The van der Waals surface area contributed by atoms with Gasteiger partial charge in [-0.25, -0.2) is 4.52 Å². The Bertz CT molecular complexity index is 615. The lowest BCUT2D eigenvalue weighted by atomic mass is 10.2. The second-order valence-corrected chi connectivity index (χ2v) is 4.93. The minimum absolute atomic E-state index is 0. The Hall–Kier alpha value is -1.70. The van der Waals surface area contributed by atoms with Crippen LogP contribution < -0.4 is 4.74 Å². The first-order valence-corrected chi connectivity index (χ1v) is 6.52. The molecule has 0 saturated heterocycles. The highest BCUT2D eigenvalue weighted by atomic mass is 32.2. The molecular weight excluding hydrogens is 258 g/mol. The molecule has 1 aromatic carbocycles. The number of hydrogen-bond acceptors (Lipinski definition) is 3. The Labute approximate surface area is 105 Å². The lowest BCUT2D eigenvalue weighted by Gasteiger charge is -1.97. The summed E-state index contributed by atoms with van der Waals surface area (Å²) in [5.74, 6) is 0.647. The molecule has 18 heavy (non-hydrogen) atoms. The molecule has 0 spiro atoms. The van der Waals surface area contributed by atoms with E-state index < -0.39 is 10.1 Å². The summed E-state index contributed by atoms with van der Waals surface area (Å²) in [7, 11) is -4.14. The summed E-state index contributed by atoms with van der Waals surface area (Å²) in [6.45, 7) is 2.68. The van der Waals surface area contributed by atoms with E-state index in [1.165, 1.54) is 12.1 Å². The third kappa shape index (κ3) is 2.95. The van der Waals surface area contributed by atoms with Gasteiger partial charge in [0.25, 0.3) is 10.1 Å². The van der Waals surface area contributed by atoms with Crippen molar-refractivity contribution in [1.29, 1.82) is 0 Å². The van der Waals surface area contributed by atoms with Crippen molar-refractivity contribution in [3.63, 3.8) is 0 Å². The monoisotopic (exact) mass is 272 g/mol. The minimum atomic E-state index is -4.14.